The minimum Gasteiger partial charge on any atom is -0.103 e. The monoisotopic (exact) mass is 140 g/mol. The summed E-state index contributed by atoms with van der Waals surface area (Å²) >= 11 is 0. The lowest BCUT2D eigenvalue weighted by atomic mass is 9.86. The zero-order valence-electron chi connectivity index (χ0n) is 7.56. The second-order valence-electron chi connectivity index (χ2n) is 2.88. The highest BCUT2D eigenvalue weighted by Crippen LogP contribution is 2.22. The molecule has 0 heterocycles. The molecule has 0 aromatic rings. The summed E-state index contributed by atoms with van der Waals surface area (Å²) in [7, 11) is 0. The van der Waals surface area contributed by atoms with Crippen LogP contribution in [0.15, 0.2) is 12.7 Å². The molecule has 0 spiro atoms. The van der Waals surface area contributed by atoms with Crippen LogP contribution in [0.4, 0.5) is 0 Å². The lowest BCUT2D eigenvalue weighted by molar-refractivity contribution is 0.363. The third-order valence-electron chi connectivity index (χ3n) is 2.43. The molecule has 0 aliphatic heterocycles. The zero-order chi connectivity index (χ0) is 7.98. The van der Waals surface area contributed by atoms with Crippen molar-refractivity contribution in [1.82, 2.24) is 0 Å². The SMILES string of the molecule is C=CC(CC)C(CC)CC. The first-order chi connectivity index (χ1) is 4.79. The fraction of sp³-hybridized carbons (Fsp3) is 0.800. The molecule has 0 radical (unpaired) electrons. The van der Waals surface area contributed by atoms with E-state index in [9.17, 15) is 0 Å². The summed E-state index contributed by atoms with van der Waals surface area (Å²) in [5.74, 6) is 1.61. The van der Waals surface area contributed by atoms with Crippen LogP contribution in [0.3, 0.4) is 0 Å². The normalized spacial score (nSPS) is 13.6. The standard InChI is InChI=1S/C10H20/c1-5-9(6-2)10(7-3)8-4/h5,9-10H,1,6-8H2,2-4H3. The van der Waals surface area contributed by atoms with E-state index in [0.29, 0.717) is 0 Å². The van der Waals surface area contributed by atoms with Gasteiger partial charge in [0.1, 0.15) is 0 Å². The lowest BCUT2D eigenvalue weighted by Gasteiger charge is -2.19. The Morgan fingerprint density at radius 2 is 1.60 bits per heavy atom. The molecule has 0 rings (SSSR count). The molecule has 0 heteroatoms. The molecule has 0 nitrogen and oxygen atoms in total. The van der Waals surface area contributed by atoms with Crippen molar-refractivity contribution < 1.29 is 0 Å². The summed E-state index contributed by atoms with van der Waals surface area (Å²) in [5.41, 5.74) is 0. The van der Waals surface area contributed by atoms with Gasteiger partial charge in [-0.2, -0.15) is 0 Å². The summed E-state index contributed by atoms with van der Waals surface area (Å²) in [6.07, 6.45) is 5.94. The first-order valence-electron chi connectivity index (χ1n) is 4.42. The highest BCUT2D eigenvalue weighted by molar-refractivity contribution is 4.82. The van der Waals surface area contributed by atoms with Crippen LogP contribution in [-0.2, 0) is 0 Å². The summed E-state index contributed by atoms with van der Waals surface area (Å²) in [6.45, 7) is 10.6. The van der Waals surface area contributed by atoms with Gasteiger partial charge in [0, 0.05) is 0 Å². The van der Waals surface area contributed by atoms with Crippen molar-refractivity contribution in [2.75, 3.05) is 0 Å². The molecular weight excluding hydrogens is 120 g/mol. The van der Waals surface area contributed by atoms with Crippen LogP contribution in [0.5, 0.6) is 0 Å². The number of allylic oxidation sites excluding steroid dienone is 1. The molecule has 0 amide bonds. The molecule has 0 fully saturated rings. The Balaban J connectivity index is 3.81. The Labute approximate surface area is 65.3 Å². The van der Waals surface area contributed by atoms with Gasteiger partial charge in [0.15, 0.2) is 0 Å². The van der Waals surface area contributed by atoms with E-state index in [1.54, 1.807) is 0 Å². The third kappa shape index (κ3) is 2.55. The number of hydrogen-bond acceptors (Lipinski definition) is 0. The summed E-state index contributed by atoms with van der Waals surface area (Å²) in [4.78, 5) is 0. The lowest BCUT2D eigenvalue weighted by Crippen LogP contribution is -2.09. The molecule has 0 N–H and O–H groups in total. The minimum absolute atomic E-state index is 0.745. The topological polar surface area (TPSA) is 0 Å². The smallest absolute Gasteiger partial charge is 0.0211 e. The van der Waals surface area contributed by atoms with Crippen molar-refractivity contribution in [3.05, 3.63) is 12.7 Å². The molecule has 0 saturated carbocycles. The Hall–Kier alpha value is -0.260. The summed E-state index contributed by atoms with van der Waals surface area (Å²) in [5, 5.41) is 0. The molecule has 0 aliphatic rings. The fourth-order valence-corrected chi connectivity index (χ4v) is 1.59. The van der Waals surface area contributed by atoms with Crippen molar-refractivity contribution >= 4 is 0 Å². The molecule has 10 heavy (non-hydrogen) atoms. The number of rotatable bonds is 5. The van der Waals surface area contributed by atoms with E-state index < -0.39 is 0 Å². The van der Waals surface area contributed by atoms with Crippen molar-refractivity contribution in [3.63, 3.8) is 0 Å². The van der Waals surface area contributed by atoms with Gasteiger partial charge < -0.3 is 0 Å². The zero-order valence-corrected chi connectivity index (χ0v) is 7.56. The van der Waals surface area contributed by atoms with Gasteiger partial charge in [-0.3, -0.25) is 0 Å². The number of hydrogen-bond donors (Lipinski definition) is 0. The van der Waals surface area contributed by atoms with E-state index in [1.807, 2.05) is 0 Å². The van der Waals surface area contributed by atoms with Gasteiger partial charge in [-0.1, -0.05) is 39.7 Å². The van der Waals surface area contributed by atoms with Gasteiger partial charge >= 0.3 is 0 Å². The van der Waals surface area contributed by atoms with E-state index in [-0.39, 0.29) is 0 Å². The van der Waals surface area contributed by atoms with Gasteiger partial charge in [0.05, 0.1) is 0 Å². The fourth-order valence-electron chi connectivity index (χ4n) is 1.59. The molecule has 0 bridgehead atoms. The molecule has 0 saturated heterocycles. The van der Waals surface area contributed by atoms with Gasteiger partial charge in [0.2, 0.25) is 0 Å². The highest BCUT2D eigenvalue weighted by atomic mass is 14.2. The van der Waals surface area contributed by atoms with E-state index in [0.717, 1.165) is 11.8 Å². The molecule has 0 aromatic heterocycles. The van der Waals surface area contributed by atoms with E-state index in [1.165, 1.54) is 19.3 Å². The van der Waals surface area contributed by atoms with Crippen molar-refractivity contribution in [2.24, 2.45) is 11.8 Å². The second-order valence-corrected chi connectivity index (χ2v) is 2.88. The van der Waals surface area contributed by atoms with Crippen LogP contribution in [0.25, 0.3) is 0 Å². The molecule has 0 aliphatic carbocycles. The Kier molecular flexibility index (Phi) is 5.38. The van der Waals surface area contributed by atoms with Gasteiger partial charge in [0.25, 0.3) is 0 Å². The summed E-state index contributed by atoms with van der Waals surface area (Å²) < 4.78 is 0. The van der Waals surface area contributed by atoms with Crippen molar-refractivity contribution in [3.8, 4) is 0 Å². The maximum absolute atomic E-state index is 3.85. The van der Waals surface area contributed by atoms with Gasteiger partial charge in [-0.05, 0) is 18.3 Å². The van der Waals surface area contributed by atoms with Crippen LogP contribution in [0.2, 0.25) is 0 Å². The molecule has 1 unspecified atom stereocenters. The van der Waals surface area contributed by atoms with Crippen LogP contribution < -0.4 is 0 Å². The molecule has 60 valence electrons. The van der Waals surface area contributed by atoms with E-state index in [4.69, 9.17) is 0 Å². The minimum atomic E-state index is 0.745. The average molecular weight is 140 g/mol. The summed E-state index contributed by atoms with van der Waals surface area (Å²) in [6, 6.07) is 0. The van der Waals surface area contributed by atoms with Gasteiger partial charge in [-0.15, -0.1) is 6.58 Å². The largest absolute Gasteiger partial charge is 0.103 e. The molecule has 1 atom stereocenters. The first-order valence-corrected chi connectivity index (χ1v) is 4.42. The van der Waals surface area contributed by atoms with Crippen molar-refractivity contribution in [1.29, 1.82) is 0 Å². The first kappa shape index (κ1) is 9.74. The quantitative estimate of drug-likeness (QED) is 0.511. The predicted molar refractivity (Wildman–Crippen MR) is 48.1 cm³/mol. The van der Waals surface area contributed by atoms with Crippen molar-refractivity contribution in [2.45, 2.75) is 40.0 Å². The maximum Gasteiger partial charge on any atom is -0.0211 e. The van der Waals surface area contributed by atoms with Crippen LogP contribution >= 0.6 is 0 Å². The Bertz CT molecular complexity index is 80.0. The van der Waals surface area contributed by atoms with Crippen LogP contribution in [0, 0.1) is 11.8 Å². The molecule has 0 aromatic carbocycles. The Morgan fingerprint density at radius 3 is 1.70 bits per heavy atom. The average Bonchev–Trinajstić information content (AvgIpc) is 2.00. The molecular formula is C10H20. The Morgan fingerprint density at radius 1 is 1.10 bits per heavy atom. The highest BCUT2D eigenvalue weighted by Gasteiger charge is 2.11. The van der Waals surface area contributed by atoms with Gasteiger partial charge in [-0.25, -0.2) is 0 Å². The third-order valence-corrected chi connectivity index (χ3v) is 2.43. The van der Waals surface area contributed by atoms with E-state index >= 15 is 0 Å². The van der Waals surface area contributed by atoms with Crippen LogP contribution in [0.1, 0.15) is 40.0 Å². The maximum atomic E-state index is 3.85. The van der Waals surface area contributed by atoms with Crippen LogP contribution in [-0.4, -0.2) is 0 Å². The predicted octanol–water partition coefficient (Wildman–Crippen LogP) is 3.63. The van der Waals surface area contributed by atoms with E-state index in [2.05, 4.69) is 33.4 Å². The second kappa shape index (κ2) is 5.52.